The van der Waals surface area contributed by atoms with Gasteiger partial charge in [0.2, 0.25) is 0 Å². The highest BCUT2D eigenvalue weighted by molar-refractivity contribution is 6.13. The third-order valence-corrected chi connectivity index (χ3v) is 15.0. The van der Waals surface area contributed by atoms with Crippen molar-refractivity contribution in [1.29, 1.82) is 0 Å². The molecule has 0 radical (unpaired) electrons. The summed E-state index contributed by atoms with van der Waals surface area (Å²) >= 11 is 0. The molecule has 0 fully saturated rings. The van der Waals surface area contributed by atoms with Crippen LogP contribution in [0.25, 0.3) is 138 Å². The largest absolute Gasteiger partial charge is 0.309 e. The molecule has 1 aromatic heterocycles. The molecule has 14 rings (SSSR count). The molecule has 0 N–H and O–H groups in total. The third kappa shape index (κ3) is 7.50. The monoisotopic (exact) mass is 925 g/mol. The summed E-state index contributed by atoms with van der Waals surface area (Å²) in [5.41, 5.74) is 20.3. The Hall–Kier alpha value is -9.56. The molecule has 1 heteroatoms. The minimum absolute atomic E-state index is 1.12. The van der Waals surface area contributed by atoms with Crippen LogP contribution < -0.4 is 0 Å². The molecule has 14 aromatic rings. The van der Waals surface area contributed by atoms with Crippen LogP contribution >= 0.6 is 0 Å². The van der Waals surface area contributed by atoms with E-state index in [1.54, 1.807) is 0 Å². The fourth-order valence-corrected chi connectivity index (χ4v) is 11.4. The fraction of sp³-hybridized carbons (Fsp3) is 0. The van der Waals surface area contributed by atoms with Crippen LogP contribution in [0.2, 0.25) is 0 Å². The average Bonchev–Trinajstić information content (AvgIpc) is 3.81. The van der Waals surface area contributed by atoms with Gasteiger partial charge in [-0.1, -0.05) is 231 Å². The Balaban J connectivity index is 0.964. The summed E-state index contributed by atoms with van der Waals surface area (Å²) < 4.78 is 2.45. The Morgan fingerprint density at radius 1 is 0.178 bits per heavy atom. The van der Waals surface area contributed by atoms with Crippen molar-refractivity contribution in [2.24, 2.45) is 0 Å². The van der Waals surface area contributed by atoms with Crippen molar-refractivity contribution in [3.63, 3.8) is 0 Å². The van der Waals surface area contributed by atoms with E-state index in [1.165, 1.54) is 121 Å². The molecule has 340 valence electrons. The van der Waals surface area contributed by atoms with Crippen molar-refractivity contribution in [3.8, 4) is 83.6 Å². The molecule has 1 nitrogen and oxygen atoms in total. The second kappa shape index (κ2) is 17.7. The number of nitrogens with zero attached hydrogens (tertiary/aromatic N) is 1. The highest BCUT2D eigenvalue weighted by atomic mass is 15.0. The summed E-state index contributed by atoms with van der Waals surface area (Å²) in [5.74, 6) is 0. The summed E-state index contributed by atoms with van der Waals surface area (Å²) in [6.07, 6.45) is 0. The van der Waals surface area contributed by atoms with Crippen LogP contribution in [0, 0.1) is 0 Å². The minimum atomic E-state index is 1.12. The Labute approximate surface area is 425 Å². The number of hydrogen-bond donors (Lipinski definition) is 0. The Morgan fingerprint density at radius 3 is 1.12 bits per heavy atom. The van der Waals surface area contributed by atoms with Crippen molar-refractivity contribution in [3.05, 3.63) is 285 Å². The average molecular weight is 926 g/mol. The van der Waals surface area contributed by atoms with E-state index >= 15 is 0 Å². The van der Waals surface area contributed by atoms with Gasteiger partial charge in [-0.3, -0.25) is 0 Å². The highest BCUT2D eigenvalue weighted by Gasteiger charge is 2.19. The van der Waals surface area contributed by atoms with E-state index in [4.69, 9.17) is 0 Å². The summed E-state index contributed by atoms with van der Waals surface area (Å²) in [7, 11) is 0. The zero-order valence-corrected chi connectivity index (χ0v) is 40.1. The molecule has 0 saturated carbocycles. The van der Waals surface area contributed by atoms with Crippen molar-refractivity contribution in [2.45, 2.75) is 0 Å². The standard InChI is InChI=1S/C72H47N/c1-3-16-52(17-4-1)67-44-56(63-27-13-23-50-20-9-11-25-61(50)63)33-39-65(67)58-35-41-71-69(46-58)70-47-59(36-42-72(70)73(71)60-37-31-49(32-38-60)55-30-29-48-15-7-8-22-54(48)43-55)66-40-34-57(45-68(66)53-18-5-2-6-19-53)64-28-14-24-51-21-10-12-26-62(51)64/h1-47H. The Morgan fingerprint density at radius 2 is 0.589 bits per heavy atom. The van der Waals surface area contributed by atoms with Gasteiger partial charge in [-0.05, 0) is 165 Å². The van der Waals surface area contributed by atoms with E-state index in [1.807, 2.05) is 0 Å². The zero-order valence-electron chi connectivity index (χ0n) is 40.1. The molecular weight excluding hydrogens is 879 g/mol. The van der Waals surface area contributed by atoms with Crippen molar-refractivity contribution in [2.75, 3.05) is 0 Å². The highest BCUT2D eigenvalue weighted by Crippen LogP contribution is 2.44. The Bertz CT molecular complexity index is 4170. The first-order valence-corrected chi connectivity index (χ1v) is 25.2. The molecule has 0 atom stereocenters. The van der Waals surface area contributed by atoms with Gasteiger partial charge in [0.05, 0.1) is 11.0 Å². The van der Waals surface area contributed by atoms with E-state index in [9.17, 15) is 0 Å². The second-order valence-corrected chi connectivity index (χ2v) is 19.2. The lowest BCUT2D eigenvalue weighted by Crippen LogP contribution is -1.94. The molecule has 0 spiro atoms. The molecule has 73 heavy (non-hydrogen) atoms. The summed E-state index contributed by atoms with van der Waals surface area (Å²) in [5, 5.41) is 9.91. The first-order chi connectivity index (χ1) is 36.2. The number of aromatic nitrogens is 1. The van der Waals surface area contributed by atoms with Crippen LogP contribution in [0.5, 0.6) is 0 Å². The molecule has 0 aliphatic carbocycles. The molecule has 0 amide bonds. The maximum Gasteiger partial charge on any atom is 0.0541 e. The van der Waals surface area contributed by atoms with Crippen molar-refractivity contribution >= 4 is 54.1 Å². The van der Waals surface area contributed by atoms with Gasteiger partial charge >= 0.3 is 0 Å². The lowest BCUT2D eigenvalue weighted by molar-refractivity contribution is 1.18. The van der Waals surface area contributed by atoms with E-state index < -0.39 is 0 Å². The number of fused-ring (bicyclic) bond motifs is 6. The first-order valence-electron chi connectivity index (χ1n) is 25.2. The molecule has 0 bridgehead atoms. The molecule has 0 aliphatic rings. The number of benzene rings is 13. The quantitative estimate of drug-likeness (QED) is 0.143. The zero-order chi connectivity index (χ0) is 48.2. The first kappa shape index (κ1) is 42.3. The second-order valence-electron chi connectivity index (χ2n) is 19.2. The van der Waals surface area contributed by atoms with Gasteiger partial charge in [0.25, 0.3) is 0 Å². The SMILES string of the molecule is c1ccc(-c2cc(-c3cccc4ccccc34)ccc2-c2ccc3c(c2)c2cc(-c4ccc(-c5cccc6ccccc56)cc4-c4ccccc4)ccc2n3-c2ccc(-c3ccc4ccccc4c3)cc2)cc1. The van der Waals surface area contributed by atoms with Gasteiger partial charge in [0.15, 0.2) is 0 Å². The van der Waals surface area contributed by atoms with Crippen LogP contribution in [-0.4, -0.2) is 4.57 Å². The van der Waals surface area contributed by atoms with E-state index in [0.717, 1.165) is 16.7 Å². The van der Waals surface area contributed by atoms with Gasteiger partial charge in [-0.2, -0.15) is 0 Å². The number of rotatable bonds is 8. The van der Waals surface area contributed by atoms with E-state index in [-0.39, 0.29) is 0 Å². The predicted octanol–water partition coefficient (Wildman–Crippen LogP) is 19.9. The maximum atomic E-state index is 2.45. The molecule has 13 aromatic carbocycles. The molecule has 0 unspecified atom stereocenters. The summed E-state index contributed by atoms with van der Waals surface area (Å²) in [6, 6.07) is 105. The van der Waals surface area contributed by atoms with Crippen molar-refractivity contribution in [1.82, 2.24) is 4.57 Å². The fourth-order valence-electron chi connectivity index (χ4n) is 11.4. The summed E-state index contributed by atoms with van der Waals surface area (Å²) in [4.78, 5) is 0. The number of hydrogen-bond acceptors (Lipinski definition) is 0. The van der Waals surface area contributed by atoms with Crippen molar-refractivity contribution < 1.29 is 0 Å². The molecule has 1 heterocycles. The smallest absolute Gasteiger partial charge is 0.0541 e. The van der Waals surface area contributed by atoms with Gasteiger partial charge in [-0.25, -0.2) is 0 Å². The van der Waals surface area contributed by atoms with Gasteiger partial charge in [0, 0.05) is 16.5 Å². The van der Waals surface area contributed by atoms with Gasteiger partial charge in [0.1, 0.15) is 0 Å². The van der Waals surface area contributed by atoms with Crippen LogP contribution in [0.3, 0.4) is 0 Å². The lowest BCUT2D eigenvalue weighted by atomic mass is 9.89. The van der Waals surface area contributed by atoms with Gasteiger partial charge < -0.3 is 4.57 Å². The predicted molar refractivity (Wildman–Crippen MR) is 311 cm³/mol. The minimum Gasteiger partial charge on any atom is -0.309 e. The topological polar surface area (TPSA) is 4.93 Å². The van der Waals surface area contributed by atoms with Crippen LogP contribution in [0.15, 0.2) is 285 Å². The van der Waals surface area contributed by atoms with Crippen LogP contribution in [-0.2, 0) is 0 Å². The van der Waals surface area contributed by atoms with E-state index in [0.29, 0.717) is 0 Å². The third-order valence-electron chi connectivity index (χ3n) is 15.0. The van der Waals surface area contributed by atoms with Gasteiger partial charge in [-0.15, -0.1) is 0 Å². The van der Waals surface area contributed by atoms with Crippen LogP contribution in [0.1, 0.15) is 0 Å². The lowest BCUT2D eigenvalue weighted by Gasteiger charge is -2.15. The summed E-state index contributed by atoms with van der Waals surface area (Å²) in [6.45, 7) is 0. The molecular formula is C72H47N. The van der Waals surface area contributed by atoms with E-state index in [2.05, 4.69) is 290 Å². The molecule has 0 aliphatic heterocycles. The van der Waals surface area contributed by atoms with Crippen LogP contribution in [0.4, 0.5) is 0 Å². The Kier molecular flexibility index (Phi) is 10.3. The molecule has 0 saturated heterocycles. The maximum absolute atomic E-state index is 2.45. The normalized spacial score (nSPS) is 11.6.